The van der Waals surface area contributed by atoms with Crippen LogP contribution in [0.3, 0.4) is 0 Å². The molecule has 2 aromatic carbocycles. The van der Waals surface area contributed by atoms with E-state index in [0.29, 0.717) is 28.1 Å². The third-order valence-corrected chi connectivity index (χ3v) is 2.91. The summed E-state index contributed by atoms with van der Waals surface area (Å²) in [7, 11) is 1.52. The van der Waals surface area contributed by atoms with Gasteiger partial charge in [0.1, 0.15) is 12.4 Å². The largest absolute Gasteiger partial charge is 0.496 e. The van der Waals surface area contributed by atoms with Gasteiger partial charge in [-0.2, -0.15) is 5.26 Å². The Hall–Kier alpha value is -3.00. The average molecular weight is 282 g/mol. The Bertz CT molecular complexity index is 688. The standard InChI is InChI=1S/C16H14N2O3/c1-20-15-7-2-11(9-17)8-13(15)10-21-16(19)12-3-5-14(18)6-4-12/h2-8H,10,18H2,1H3. The van der Waals surface area contributed by atoms with Gasteiger partial charge in [-0.15, -0.1) is 0 Å². The highest BCUT2D eigenvalue weighted by Gasteiger charge is 2.10. The number of carbonyl (C=O) groups excluding carboxylic acids is 1. The lowest BCUT2D eigenvalue weighted by Gasteiger charge is -2.10. The lowest BCUT2D eigenvalue weighted by Crippen LogP contribution is -2.06. The van der Waals surface area contributed by atoms with Crippen molar-refractivity contribution in [2.45, 2.75) is 6.61 Å². The number of benzene rings is 2. The molecule has 0 aliphatic heterocycles. The highest BCUT2D eigenvalue weighted by molar-refractivity contribution is 5.89. The summed E-state index contributed by atoms with van der Waals surface area (Å²) in [4.78, 5) is 11.9. The molecule has 2 aromatic rings. The zero-order chi connectivity index (χ0) is 15.2. The predicted octanol–water partition coefficient (Wildman–Crippen LogP) is 2.51. The van der Waals surface area contributed by atoms with Crippen molar-refractivity contribution in [1.29, 1.82) is 5.26 Å². The molecule has 106 valence electrons. The monoisotopic (exact) mass is 282 g/mol. The van der Waals surface area contributed by atoms with E-state index in [9.17, 15) is 4.79 Å². The summed E-state index contributed by atoms with van der Waals surface area (Å²) in [6, 6.07) is 13.4. The molecule has 0 radical (unpaired) electrons. The van der Waals surface area contributed by atoms with Gasteiger partial charge in [-0.05, 0) is 42.5 Å². The SMILES string of the molecule is COc1ccc(C#N)cc1COC(=O)c1ccc(N)cc1. The summed E-state index contributed by atoms with van der Waals surface area (Å²) in [6.45, 7) is 0.0297. The first-order valence-electron chi connectivity index (χ1n) is 6.23. The first-order valence-corrected chi connectivity index (χ1v) is 6.23. The van der Waals surface area contributed by atoms with Crippen molar-refractivity contribution in [3.8, 4) is 11.8 Å². The molecule has 5 nitrogen and oxygen atoms in total. The van der Waals surface area contributed by atoms with Crippen molar-refractivity contribution in [2.24, 2.45) is 0 Å². The number of rotatable bonds is 4. The van der Waals surface area contributed by atoms with Crippen LogP contribution in [0.1, 0.15) is 21.5 Å². The van der Waals surface area contributed by atoms with Crippen molar-refractivity contribution < 1.29 is 14.3 Å². The fourth-order valence-corrected chi connectivity index (χ4v) is 1.81. The second kappa shape index (κ2) is 6.44. The summed E-state index contributed by atoms with van der Waals surface area (Å²) >= 11 is 0. The topological polar surface area (TPSA) is 85.3 Å². The molecule has 0 amide bonds. The molecular weight excluding hydrogens is 268 g/mol. The summed E-state index contributed by atoms with van der Waals surface area (Å²) in [6.07, 6.45) is 0. The molecule has 0 unspecified atom stereocenters. The second-order valence-electron chi connectivity index (χ2n) is 4.34. The lowest BCUT2D eigenvalue weighted by atomic mass is 10.1. The molecule has 2 rings (SSSR count). The van der Waals surface area contributed by atoms with Gasteiger partial charge in [-0.25, -0.2) is 4.79 Å². The Morgan fingerprint density at radius 3 is 2.57 bits per heavy atom. The minimum absolute atomic E-state index is 0.0297. The maximum Gasteiger partial charge on any atom is 0.338 e. The molecular formula is C16H14N2O3. The van der Waals surface area contributed by atoms with Crippen LogP contribution in [0.5, 0.6) is 5.75 Å². The first-order chi connectivity index (χ1) is 10.1. The quantitative estimate of drug-likeness (QED) is 0.688. The second-order valence-corrected chi connectivity index (χ2v) is 4.34. The maximum atomic E-state index is 11.9. The third kappa shape index (κ3) is 3.51. The third-order valence-electron chi connectivity index (χ3n) is 2.91. The molecule has 0 saturated carbocycles. The Kier molecular flexibility index (Phi) is 4.42. The van der Waals surface area contributed by atoms with Gasteiger partial charge in [-0.3, -0.25) is 0 Å². The van der Waals surface area contributed by atoms with Gasteiger partial charge in [0.25, 0.3) is 0 Å². The van der Waals surface area contributed by atoms with E-state index in [-0.39, 0.29) is 6.61 Å². The van der Waals surface area contributed by atoms with Gasteiger partial charge >= 0.3 is 5.97 Å². The van der Waals surface area contributed by atoms with E-state index >= 15 is 0 Å². The number of methoxy groups -OCH3 is 1. The molecule has 2 N–H and O–H groups in total. The molecule has 0 atom stereocenters. The van der Waals surface area contributed by atoms with E-state index in [1.165, 1.54) is 7.11 Å². The van der Waals surface area contributed by atoms with E-state index in [1.807, 2.05) is 6.07 Å². The molecule has 0 aromatic heterocycles. The zero-order valence-corrected chi connectivity index (χ0v) is 11.5. The molecule has 5 heteroatoms. The Labute approximate surface area is 122 Å². The van der Waals surface area contributed by atoms with Gasteiger partial charge in [-0.1, -0.05) is 0 Å². The summed E-state index contributed by atoms with van der Waals surface area (Å²) < 4.78 is 10.4. The summed E-state index contributed by atoms with van der Waals surface area (Å²) in [5, 5.41) is 8.90. The van der Waals surface area contributed by atoms with Crippen molar-refractivity contribution in [2.75, 3.05) is 12.8 Å². The number of anilines is 1. The minimum atomic E-state index is -0.459. The number of nitrogens with two attached hydrogens (primary N) is 1. The fourth-order valence-electron chi connectivity index (χ4n) is 1.81. The molecule has 0 bridgehead atoms. The van der Waals surface area contributed by atoms with Crippen LogP contribution >= 0.6 is 0 Å². The van der Waals surface area contributed by atoms with E-state index in [0.717, 1.165) is 0 Å². The van der Waals surface area contributed by atoms with Gasteiger partial charge in [0.05, 0.1) is 24.3 Å². The van der Waals surface area contributed by atoms with Crippen molar-refractivity contribution in [3.63, 3.8) is 0 Å². The number of ether oxygens (including phenoxy) is 2. The average Bonchev–Trinajstić information content (AvgIpc) is 2.52. The van der Waals surface area contributed by atoms with Crippen molar-refractivity contribution in [3.05, 3.63) is 59.2 Å². The van der Waals surface area contributed by atoms with Crippen LogP contribution in [-0.4, -0.2) is 13.1 Å². The van der Waals surface area contributed by atoms with Crippen LogP contribution in [-0.2, 0) is 11.3 Å². The Morgan fingerprint density at radius 1 is 1.24 bits per heavy atom. The maximum absolute atomic E-state index is 11.9. The van der Waals surface area contributed by atoms with Crippen LogP contribution in [0.4, 0.5) is 5.69 Å². The normalized spacial score (nSPS) is 9.71. The summed E-state index contributed by atoms with van der Waals surface area (Å²) in [5.41, 5.74) is 7.68. The van der Waals surface area contributed by atoms with Crippen LogP contribution in [0, 0.1) is 11.3 Å². The van der Waals surface area contributed by atoms with Gasteiger partial charge in [0.15, 0.2) is 0 Å². The van der Waals surface area contributed by atoms with Gasteiger partial charge in [0, 0.05) is 11.3 Å². The highest BCUT2D eigenvalue weighted by atomic mass is 16.5. The number of esters is 1. The molecule has 0 spiro atoms. The number of nitrogen functional groups attached to an aromatic ring is 1. The number of carbonyl (C=O) groups is 1. The summed E-state index contributed by atoms with van der Waals surface area (Å²) in [5.74, 6) is 0.110. The smallest absolute Gasteiger partial charge is 0.338 e. The first kappa shape index (κ1) is 14.4. The van der Waals surface area contributed by atoms with Crippen molar-refractivity contribution in [1.82, 2.24) is 0 Å². The Morgan fingerprint density at radius 2 is 1.95 bits per heavy atom. The number of hydrogen-bond donors (Lipinski definition) is 1. The van der Waals surface area contributed by atoms with Crippen molar-refractivity contribution >= 4 is 11.7 Å². The van der Waals surface area contributed by atoms with Crippen LogP contribution in [0.15, 0.2) is 42.5 Å². The molecule has 0 saturated heterocycles. The fraction of sp³-hybridized carbons (Fsp3) is 0.125. The van der Waals surface area contributed by atoms with Crippen LogP contribution in [0.2, 0.25) is 0 Å². The predicted molar refractivity (Wildman–Crippen MR) is 77.7 cm³/mol. The molecule has 0 aliphatic rings. The van der Waals surface area contributed by atoms with Gasteiger partial charge < -0.3 is 15.2 Å². The minimum Gasteiger partial charge on any atom is -0.496 e. The van der Waals surface area contributed by atoms with E-state index in [4.69, 9.17) is 20.5 Å². The zero-order valence-electron chi connectivity index (χ0n) is 11.5. The molecule has 0 fully saturated rings. The van der Waals surface area contributed by atoms with Crippen LogP contribution in [0.25, 0.3) is 0 Å². The van der Waals surface area contributed by atoms with E-state index in [2.05, 4.69) is 0 Å². The lowest BCUT2D eigenvalue weighted by molar-refractivity contribution is 0.0470. The van der Waals surface area contributed by atoms with Crippen LogP contribution < -0.4 is 10.5 Å². The number of nitrogens with zero attached hydrogens (tertiary/aromatic N) is 1. The molecule has 21 heavy (non-hydrogen) atoms. The molecule has 0 aliphatic carbocycles. The number of hydrogen-bond acceptors (Lipinski definition) is 5. The highest BCUT2D eigenvalue weighted by Crippen LogP contribution is 2.21. The van der Waals surface area contributed by atoms with Gasteiger partial charge in [0.2, 0.25) is 0 Å². The van der Waals surface area contributed by atoms with E-state index in [1.54, 1.807) is 42.5 Å². The number of nitriles is 1. The molecule has 0 heterocycles. The van der Waals surface area contributed by atoms with E-state index < -0.39 is 5.97 Å². The Balaban J connectivity index is 2.10.